The fraction of sp³-hybridized carbons (Fsp3) is 0.250. The van der Waals surface area contributed by atoms with Crippen LogP contribution in [0.1, 0.15) is 25.1 Å². The Balaban J connectivity index is 1.68. The van der Waals surface area contributed by atoms with Crippen molar-refractivity contribution in [1.82, 2.24) is 15.3 Å². The van der Waals surface area contributed by atoms with E-state index < -0.39 is 6.04 Å². The number of nitrogens with one attached hydrogen (secondary N) is 1. The van der Waals surface area contributed by atoms with Crippen molar-refractivity contribution in [2.75, 3.05) is 11.5 Å². The molecular weight excluding hydrogens is 444 g/mol. The summed E-state index contributed by atoms with van der Waals surface area (Å²) in [5.41, 5.74) is 9.69. The second kappa shape index (κ2) is 11.1. The number of nitrogens with two attached hydrogens (primary N) is 1. The minimum Gasteiger partial charge on any atom is -0.383 e. The Bertz CT molecular complexity index is 1090. The van der Waals surface area contributed by atoms with E-state index in [0.717, 1.165) is 22.4 Å². The Morgan fingerprint density at radius 2 is 1.78 bits per heavy atom. The van der Waals surface area contributed by atoms with Crippen LogP contribution in [-0.4, -0.2) is 33.5 Å². The zero-order chi connectivity index (χ0) is 23.1. The van der Waals surface area contributed by atoms with Gasteiger partial charge in [-0.15, -0.1) is 0 Å². The molecule has 3 rings (SSSR count). The first-order valence-electron chi connectivity index (χ1n) is 10.3. The van der Waals surface area contributed by atoms with E-state index >= 15 is 0 Å². The molecule has 0 aliphatic carbocycles. The van der Waals surface area contributed by atoms with Crippen molar-refractivity contribution in [3.05, 3.63) is 70.9 Å². The molecule has 166 valence electrons. The number of aryl methyl sites for hydroxylation is 1. The topological polar surface area (TPSA) is 98.0 Å². The van der Waals surface area contributed by atoms with Gasteiger partial charge in [0.15, 0.2) is 10.9 Å². The van der Waals surface area contributed by atoms with E-state index in [1.54, 1.807) is 12.1 Å². The van der Waals surface area contributed by atoms with Gasteiger partial charge in [-0.25, -0.2) is 9.97 Å². The average Bonchev–Trinajstić information content (AvgIpc) is 2.78. The molecule has 3 aromatic rings. The number of anilines is 1. The van der Waals surface area contributed by atoms with Gasteiger partial charge in [-0.3, -0.25) is 9.59 Å². The van der Waals surface area contributed by atoms with E-state index in [0.29, 0.717) is 28.8 Å². The molecule has 0 aliphatic rings. The van der Waals surface area contributed by atoms with E-state index in [-0.39, 0.29) is 17.4 Å². The highest BCUT2D eigenvalue weighted by Gasteiger charge is 2.19. The molecule has 0 saturated carbocycles. The summed E-state index contributed by atoms with van der Waals surface area (Å²) in [6.45, 7) is 3.47. The van der Waals surface area contributed by atoms with Crippen LogP contribution < -0.4 is 11.1 Å². The molecule has 1 unspecified atom stereocenters. The standard InChI is InChI=1S/C24H25ClN4O2S/c1-3-19-22(17-9-11-18(25)12-10-17)23(26)29-24(28-19)32-14-21(31)27-20(15(2)30)13-16-7-5-4-6-8-16/h4-12,20H,3,13-14H2,1-2H3,(H,27,31)(H2,26,28,29). The third-order valence-electron chi connectivity index (χ3n) is 4.90. The first-order chi connectivity index (χ1) is 15.4. The van der Waals surface area contributed by atoms with Gasteiger partial charge in [0.1, 0.15) is 5.82 Å². The van der Waals surface area contributed by atoms with Gasteiger partial charge in [0.2, 0.25) is 5.91 Å². The van der Waals surface area contributed by atoms with E-state index in [1.165, 1.54) is 18.7 Å². The lowest BCUT2D eigenvalue weighted by atomic mass is 10.0. The lowest BCUT2D eigenvalue weighted by Gasteiger charge is -2.16. The molecule has 1 heterocycles. The van der Waals surface area contributed by atoms with Crippen molar-refractivity contribution < 1.29 is 9.59 Å². The number of nitrogen functional groups attached to an aromatic ring is 1. The Morgan fingerprint density at radius 3 is 2.41 bits per heavy atom. The molecule has 1 aromatic heterocycles. The molecule has 0 aliphatic heterocycles. The largest absolute Gasteiger partial charge is 0.383 e. The molecule has 3 N–H and O–H groups in total. The highest BCUT2D eigenvalue weighted by Crippen LogP contribution is 2.31. The number of Topliss-reactive ketones (excluding diaryl/α,β-unsaturated/α-hetero) is 1. The molecular formula is C24H25ClN4O2S. The number of rotatable bonds is 9. The van der Waals surface area contributed by atoms with Crippen molar-refractivity contribution >= 4 is 40.9 Å². The fourth-order valence-corrected chi connectivity index (χ4v) is 4.07. The highest BCUT2D eigenvalue weighted by molar-refractivity contribution is 7.99. The maximum atomic E-state index is 12.5. The van der Waals surface area contributed by atoms with Crippen LogP contribution >= 0.6 is 23.4 Å². The maximum absolute atomic E-state index is 12.5. The third-order valence-corrected chi connectivity index (χ3v) is 6.00. The van der Waals surface area contributed by atoms with Crippen LogP contribution in [0.2, 0.25) is 5.02 Å². The minimum absolute atomic E-state index is 0.0848. The van der Waals surface area contributed by atoms with Crippen molar-refractivity contribution in [1.29, 1.82) is 0 Å². The maximum Gasteiger partial charge on any atom is 0.231 e. The van der Waals surface area contributed by atoms with Crippen molar-refractivity contribution in [3.63, 3.8) is 0 Å². The van der Waals surface area contributed by atoms with Crippen LogP contribution in [0.3, 0.4) is 0 Å². The lowest BCUT2D eigenvalue weighted by Crippen LogP contribution is -2.42. The van der Waals surface area contributed by atoms with Crippen molar-refractivity contribution in [2.24, 2.45) is 0 Å². The number of benzene rings is 2. The second-order valence-electron chi connectivity index (χ2n) is 7.28. The first kappa shape index (κ1) is 23.8. The molecule has 0 radical (unpaired) electrons. The van der Waals surface area contributed by atoms with Crippen LogP contribution in [0.25, 0.3) is 11.1 Å². The summed E-state index contributed by atoms with van der Waals surface area (Å²) in [7, 11) is 0. The van der Waals surface area contributed by atoms with Gasteiger partial charge in [0.25, 0.3) is 0 Å². The van der Waals surface area contributed by atoms with Gasteiger partial charge >= 0.3 is 0 Å². The number of amides is 1. The molecule has 32 heavy (non-hydrogen) atoms. The van der Waals surface area contributed by atoms with E-state index in [2.05, 4.69) is 15.3 Å². The fourth-order valence-electron chi connectivity index (χ4n) is 3.27. The number of carbonyl (C=O) groups excluding carboxylic acids is 2. The first-order valence-corrected chi connectivity index (χ1v) is 11.6. The molecule has 2 aromatic carbocycles. The van der Waals surface area contributed by atoms with Crippen LogP contribution in [0.4, 0.5) is 5.82 Å². The minimum atomic E-state index is -0.574. The predicted molar refractivity (Wildman–Crippen MR) is 130 cm³/mol. The smallest absolute Gasteiger partial charge is 0.231 e. The molecule has 1 atom stereocenters. The number of carbonyl (C=O) groups is 2. The second-order valence-corrected chi connectivity index (χ2v) is 8.66. The Morgan fingerprint density at radius 1 is 1.09 bits per heavy atom. The summed E-state index contributed by atoms with van der Waals surface area (Å²) in [6, 6.07) is 16.4. The SMILES string of the molecule is CCc1nc(SCC(=O)NC(Cc2ccccc2)C(C)=O)nc(N)c1-c1ccc(Cl)cc1. The van der Waals surface area contributed by atoms with Gasteiger partial charge in [-0.05, 0) is 43.0 Å². The lowest BCUT2D eigenvalue weighted by molar-refractivity contribution is -0.125. The Kier molecular flexibility index (Phi) is 8.25. The monoisotopic (exact) mass is 468 g/mol. The summed E-state index contributed by atoms with van der Waals surface area (Å²) >= 11 is 7.18. The summed E-state index contributed by atoms with van der Waals surface area (Å²) in [4.78, 5) is 33.5. The number of hydrogen-bond acceptors (Lipinski definition) is 6. The van der Waals surface area contributed by atoms with Gasteiger partial charge in [-0.1, -0.05) is 72.8 Å². The van der Waals surface area contributed by atoms with Crippen molar-refractivity contribution in [2.45, 2.75) is 37.9 Å². The molecule has 1 amide bonds. The quantitative estimate of drug-likeness (QED) is 0.358. The summed E-state index contributed by atoms with van der Waals surface area (Å²) in [5, 5.41) is 3.88. The number of nitrogens with zero attached hydrogens (tertiary/aromatic N) is 2. The molecule has 6 nitrogen and oxygen atoms in total. The summed E-state index contributed by atoms with van der Waals surface area (Å²) < 4.78 is 0. The number of thioether (sulfide) groups is 1. The molecule has 0 bridgehead atoms. The van der Waals surface area contributed by atoms with Crippen LogP contribution in [0.5, 0.6) is 0 Å². The van der Waals surface area contributed by atoms with Gasteiger partial charge in [-0.2, -0.15) is 0 Å². The molecule has 0 fully saturated rings. The molecule has 0 saturated heterocycles. The van der Waals surface area contributed by atoms with E-state index in [1.807, 2.05) is 49.4 Å². The Hall–Kier alpha value is -2.90. The van der Waals surface area contributed by atoms with Crippen LogP contribution in [-0.2, 0) is 22.4 Å². The third kappa shape index (κ3) is 6.31. The van der Waals surface area contributed by atoms with Crippen LogP contribution in [0, 0.1) is 0 Å². The number of halogens is 1. The van der Waals surface area contributed by atoms with Crippen molar-refractivity contribution in [3.8, 4) is 11.1 Å². The number of aromatic nitrogens is 2. The predicted octanol–water partition coefficient (Wildman–Crippen LogP) is 4.35. The zero-order valence-electron chi connectivity index (χ0n) is 18.0. The zero-order valence-corrected chi connectivity index (χ0v) is 19.5. The Labute approximate surface area is 197 Å². The summed E-state index contributed by atoms with van der Waals surface area (Å²) in [5.74, 6) is 0.0933. The van der Waals surface area contributed by atoms with Gasteiger partial charge in [0, 0.05) is 10.6 Å². The number of ketones is 1. The average molecular weight is 469 g/mol. The molecule has 8 heteroatoms. The molecule has 0 spiro atoms. The normalized spacial score (nSPS) is 11.7. The van der Waals surface area contributed by atoms with Crippen LogP contribution in [0.15, 0.2) is 59.8 Å². The van der Waals surface area contributed by atoms with Gasteiger partial charge < -0.3 is 11.1 Å². The van der Waals surface area contributed by atoms with E-state index in [9.17, 15) is 9.59 Å². The summed E-state index contributed by atoms with van der Waals surface area (Å²) in [6.07, 6.45) is 1.11. The highest BCUT2D eigenvalue weighted by atomic mass is 35.5. The van der Waals surface area contributed by atoms with Gasteiger partial charge in [0.05, 0.1) is 17.5 Å². The number of hydrogen-bond donors (Lipinski definition) is 2. The van der Waals surface area contributed by atoms with E-state index in [4.69, 9.17) is 17.3 Å².